The molecule has 0 aliphatic rings. The summed E-state index contributed by atoms with van der Waals surface area (Å²) >= 11 is 0. The van der Waals surface area contributed by atoms with Gasteiger partial charge in [0.15, 0.2) is 0 Å². The molecule has 18 heavy (non-hydrogen) atoms. The van der Waals surface area contributed by atoms with E-state index >= 15 is 0 Å². The van der Waals surface area contributed by atoms with Gasteiger partial charge in [-0.05, 0) is 13.8 Å². The van der Waals surface area contributed by atoms with Crippen molar-refractivity contribution in [1.29, 1.82) is 0 Å². The summed E-state index contributed by atoms with van der Waals surface area (Å²) in [6.07, 6.45) is 0. The molecule has 0 amide bonds. The van der Waals surface area contributed by atoms with Gasteiger partial charge < -0.3 is 19.3 Å². The summed E-state index contributed by atoms with van der Waals surface area (Å²) < 4.78 is 14.0. The molecule has 0 heterocycles. The van der Waals surface area contributed by atoms with Gasteiger partial charge in [-0.2, -0.15) is 0 Å². The highest BCUT2D eigenvalue weighted by Gasteiger charge is 2.50. The zero-order valence-corrected chi connectivity index (χ0v) is 10.7. The normalized spacial score (nSPS) is 10.7. The standard InChI is InChI=1S/C11H18O7/c1-4-16-9(14)11(6-12,7-18-8(3)13)10(15)17-5-2/h12H,4-7H2,1-3H3. The molecule has 0 bridgehead atoms. The number of carbonyl (C=O) groups excluding carboxylic acids is 3. The van der Waals surface area contributed by atoms with Crippen LogP contribution in [0.5, 0.6) is 0 Å². The van der Waals surface area contributed by atoms with Crippen LogP contribution in [0.2, 0.25) is 0 Å². The maximum Gasteiger partial charge on any atom is 0.329 e. The summed E-state index contributed by atoms with van der Waals surface area (Å²) in [7, 11) is 0. The predicted octanol–water partition coefficient (Wildman–Crippen LogP) is -0.346. The Kier molecular flexibility index (Phi) is 6.96. The lowest BCUT2D eigenvalue weighted by Gasteiger charge is -2.26. The second-order valence-electron chi connectivity index (χ2n) is 3.46. The Morgan fingerprint density at radius 3 is 1.72 bits per heavy atom. The van der Waals surface area contributed by atoms with E-state index in [1.54, 1.807) is 13.8 Å². The molecule has 0 rings (SSSR count). The van der Waals surface area contributed by atoms with Crippen molar-refractivity contribution in [1.82, 2.24) is 0 Å². The number of rotatable bonds is 7. The summed E-state index contributed by atoms with van der Waals surface area (Å²) in [4.78, 5) is 34.3. The quantitative estimate of drug-likeness (QED) is 0.380. The second-order valence-corrected chi connectivity index (χ2v) is 3.46. The van der Waals surface area contributed by atoms with Crippen LogP contribution in [0.15, 0.2) is 0 Å². The Bertz CT molecular complexity index is 293. The first-order valence-electron chi connectivity index (χ1n) is 5.53. The average molecular weight is 262 g/mol. The van der Waals surface area contributed by atoms with E-state index in [1.807, 2.05) is 0 Å². The zero-order chi connectivity index (χ0) is 14.2. The minimum Gasteiger partial charge on any atom is -0.465 e. The minimum atomic E-state index is -2.02. The highest BCUT2D eigenvalue weighted by Crippen LogP contribution is 2.22. The van der Waals surface area contributed by atoms with E-state index in [2.05, 4.69) is 4.74 Å². The third-order valence-corrected chi connectivity index (χ3v) is 2.12. The summed E-state index contributed by atoms with van der Waals surface area (Å²) in [5.74, 6) is -2.64. The fourth-order valence-electron chi connectivity index (χ4n) is 1.14. The van der Waals surface area contributed by atoms with Crippen LogP contribution >= 0.6 is 0 Å². The lowest BCUT2D eigenvalue weighted by Crippen LogP contribution is -2.49. The van der Waals surface area contributed by atoms with Crippen LogP contribution in [0, 0.1) is 5.41 Å². The Balaban J connectivity index is 5.11. The molecule has 0 unspecified atom stereocenters. The number of hydrogen-bond acceptors (Lipinski definition) is 7. The molecule has 0 aliphatic carbocycles. The van der Waals surface area contributed by atoms with Gasteiger partial charge in [0.25, 0.3) is 0 Å². The molecule has 0 aromatic heterocycles. The Morgan fingerprint density at radius 1 is 1.00 bits per heavy atom. The van der Waals surface area contributed by atoms with Crippen LogP contribution in [0.25, 0.3) is 0 Å². The summed E-state index contributed by atoms with van der Waals surface area (Å²) in [6, 6.07) is 0. The first-order chi connectivity index (χ1) is 8.44. The molecule has 7 heteroatoms. The van der Waals surface area contributed by atoms with Crippen LogP contribution in [0.1, 0.15) is 20.8 Å². The topological polar surface area (TPSA) is 99.1 Å². The fourth-order valence-corrected chi connectivity index (χ4v) is 1.14. The van der Waals surface area contributed by atoms with E-state index in [0.29, 0.717) is 0 Å². The van der Waals surface area contributed by atoms with E-state index in [9.17, 15) is 19.5 Å². The van der Waals surface area contributed by atoms with Crippen molar-refractivity contribution in [2.75, 3.05) is 26.4 Å². The van der Waals surface area contributed by atoms with Crippen LogP contribution in [-0.2, 0) is 28.6 Å². The van der Waals surface area contributed by atoms with Crippen molar-refractivity contribution in [3.8, 4) is 0 Å². The van der Waals surface area contributed by atoms with Gasteiger partial charge in [0.05, 0.1) is 19.8 Å². The lowest BCUT2D eigenvalue weighted by atomic mass is 9.90. The lowest BCUT2D eigenvalue weighted by molar-refractivity contribution is -0.181. The van der Waals surface area contributed by atoms with E-state index in [0.717, 1.165) is 6.92 Å². The third kappa shape index (κ3) is 3.99. The maximum absolute atomic E-state index is 11.8. The molecule has 0 radical (unpaired) electrons. The van der Waals surface area contributed by atoms with Gasteiger partial charge in [0.1, 0.15) is 6.61 Å². The van der Waals surface area contributed by atoms with Crippen LogP contribution in [0.4, 0.5) is 0 Å². The van der Waals surface area contributed by atoms with E-state index in [4.69, 9.17) is 9.47 Å². The first-order valence-corrected chi connectivity index (χ1v) is 5.53. The van der Waals surface area contributed by atoms with Gasteiger partial charge in [0.2, 0.25) is 5.41 Å². The van der Waals surface area contributed by atoms with Crippen molar-refractivity contribution >= 4 is 17.9 Å². The molecular weight excluding hydrogens is 244 g/mol. The van der Waals surface area contributed by atoms with Gasteiger partial charge in [-0.25, -0.2) is 0 Å². The molecule has 104 valence electrons. The first kappa shape index (κ1) is 16.4. The summed E-state index contributed by atoms with van der Waals surface area (Å²) in [5, 5.41) is 9.29. The average Bonchev–Trinajstić information content (AvgIpc) is 2.30. The van der Waals surface area contributed by atoms with Crippen molar-refractivity contribution in [3.05, 3.63) is 0 Å². The van der Waals surface area contributed by atoms with E-state index < -0.39 is 36.5 Å². The number of ether oxygens (including phenoxy) is 3. The van der Waals surface area contributed by atoms with Crippen LogP contribution in [-0.4, -0.2) is 49.4 Å². The molecule has 0 aromatic carbocycles. The number of hydrogen-bond donors (Lipinski definition) is 1. The minimum absolute atomic E-state index is 0.0278. The monoisotopic (exact) mass is 262 g/mol. The summed E-state index contributed by atoms with van der Waals surface area (Å²) in [6.45, 7) is 2.81. The van der Waals surface area contributed by atoms with E-state index in [1.165, 1.54) is 0 Å². The fraction of sp³-hybridized carbons (Fsp3) is 0.727. The van der Waals surface area contributed by atoms with Crippen molar-refractivity contribution in [2.45, 2.75) is 20.8 Å². The number of esters is 3. The molecule has 0 saturated heterocycles. The third-order valence-electron chi connectivity index (χ3n) is 2.12. The van der Waals surface area contributed by atoms with Gasteiger partial charge in [-0.15, -0.1) is 0 Å². The van der Waals surface area contributed by atoms with Crippen molar-refractivity contribution in [3.63, 3.8) is 0 Å². The molecular formula is C11H18O7. The smallest absolute Gasteiger partial charge is 0.329 e. The molecule has 0 atom stereocenters. The number of carbonyl (C=O) groups is 3. The highest BCUT2D eigenvalue weighted by molar-refractivity contribution is 6.00. The van der Waals surface area contributed by atoms with Gasteiger partial charge in [-0.1, -0.05) is 0 Å². The molecule has 0 aliphatic heterocycles. The zero-order valence-electron chi connectivity index (χ0n) is 10.7. The summed E-state index contributed by atoms with van der Waals surface area (Å²) in [5.41, 5.74) is -2.02. The Labute approximate surface area is 105 Å². The van der Waals surface area contributed by atoms with Crippen molar-refractivity contribution in [2.24, 2.45) is 5.41 Å². The van der Waals surface area contributed by atoms with Gasteiger partial charge in [0, 0.05) is 6.92 Å². The molecule has 0 fully saturated rings. The molecule has 1 N–H and O–H groups in total. The molecule has 0 aromatic rings. The SMILES string of the molecule is CCOC(=O)C(CO)(COC(C)=O)C(=O)OCC. The molecule has 0 spiro atoms. The Morgan fingerprint density at radius 2 is 1.44 bits per heavy atom. The largest absolute Gasteiger partial charge is 0.465 e. The van der Waals surface area contributed by atoms with Crippen LogP contribution < -0.4 is 0 Å². The number of aliphatic hydroxyl groups excluding tert-OH is 1. The van der Waals surface area contributed by atoms with E-state index in [-0.39, 0.29) is 13.2 Å². The van der Waals surface area contributed by atoms with Crippen molar-refractivity contribution < 1.29 is 33.7 Å². The number of aliphatic hydroxyl groups is 1. The van der Waals surface area contributed by atoms with Gasteiger partial charge in [-0.3, -0.25) is 14.4 Å². The Hall–Kier alpha value is -1.63. The second kappa shape index (κ2) is 7.65. The van der Waals surface area contributed by atoms with Gasteiger partial charge >= 0.3 is 17.9 Å². The van der Waals surface area contributed by atoms with Crippen LogP contribution in [0.3, 0.4) is 0 Å². The molecule has 0 saturated carbocycles. The highest BCUT2D eigenvalue weighted by atomic mass is 16.6. The molecule has 7 nitrogen and oxygen atoms in total. The maximum atomic E-state index is 11.8. The predicted molar refractivity (Wildman–Crippen MR) is 59.4 cm³/mol.